The van der Waals surface area contributed by atoms with Crippen molar-refractivity contribution in [1.29, 1.82) is 0 Å². The highest BCUT2D eigenvalue weighted by molar-refractivity contribution is 7.14. The summed E-state index contributed by atoms with van der Waals surface area (Å²) < 4.78 is 10.6. The SMILES string of the molecule is COc1ccccc1NC(=O)C(C)OC(=O)c1cc2c(s1)CCCCC2. The van der Waals surface area contributed by atoms with Crippen LogP contribution in [0.4, 0.5) is 5.69 Å². The number of amides is 1. The Morgan fingerprint density at radius 3 is 2.73 bits per heavy atom. The lowest BCUT2D eigenvalue weighted by Gasteiger charge is -2.14. The van der Waals surface area contributed by atoms with Crippen LogP contribution in [0.1, 0.15) is 46.3 Å². The number of thiophene rings is 1. The Bertz CT molecular complexity index is 775. The first kappa shape index (κ1) is 18.5. The van der Waals surface area contributed by atoms with E-state index in [0.29, 0.717) is 16.3 Å². The molecule has 0 saturated carbocycles. The van der Waals surface area contributed by atoms with Crippen molar-refractivity contribution in [2.75, 3.05) is 12.4 Å². The van der Waals surface area contributed by atoms with Crippen LogP contribution in [0.25, 0.3) is 0 Å². The van der Waals surface area contributed by atoms with Gasteiger partial charge in [-0.1, -0.05) is 18.6 Å². The van der Waals surface area contributed by atoms with Crippen molar-refractivity contribution >= 4 is 28.9 Å². The van der Waals surface area contributed by atoms with Gasteiger partial charge in [0.1, 0.15) is 10.6 Å². The molecule has 1 unspecified atom stereocenters. The zero-order valence-corrected chi connectivity index (χ0v) is 15.9. The summed E-state index contributed by atoms with van der Waals surface area (Å²) in [6.45, 7) is 1.57. The summed E-state index contributed by atoms with van der Waals surface area (Å²) in [7, 11) is 1.54. The Labute approximate surface area is 157 Å². The molecule has 138 valence electrons. The van der Waals surface area contributed by atoms with Crippen LogP contribution in [0, 0.1) is 0 Å². The minimum atomic E-state index is -0.894. The molecule has 1 atom stereocenters. The molecule has 1 aliphatic carbocycles. The average Bonchev–Trinajstić information content (AvgIpc) is 2.93. The lowest BCUT2D eigenvalue weighted by molar-refractivity contribution is -0.123. The van der Waals surface area contributed by atoms with E-state index in [1.165, 1.54) is 41.7 Å². The molecular formula is C20H23NO4S. The number of hydrogen-bond acceptors (Lipinski definition) is 5. The van der Waals surface area contributed by atoms with Crippen molar-refractivity contribution < 1.29 is 19.1 Å². The van der Waals surface area contributed by atoms with Gasteiger partial charge in [-0.25, -0.2) is 4.79 Å². The maximum atomic E-state index is 12.4. The molecule has 2 aromatic rings. The topological polar surface area (TPSA) is 64.6 Å². The van der Waals surface area contributed by atoms with Crippen LogP contribution in [0.15, 0.2) is 30.3 Å². The molecule has 0 fully saturated rings. The first-order valence-corrected chi connectivity index (χ1v) is 9.66. The zero-order valence-electron chi connectivity index (χ0n) is 15.0. The number of para-hydroxylation sites is 2. The molecule has 0 radical (unpaired) electrons. The minimum Gasteiger partial charge on any atom is -0.495 e. The van der Waals surface area contributed by atoms with E-state index >= 15 is 0 Å². The van der Waals surface area contributed by atoms with E-state index in [1.807, 2.05) is 12.1 Å². The number of esters is 1. The summed E-state index contributed by atoms with van der Waals surface area (Å²) in [5.74, 6) is -0.270. The Kier molecular flexibility index (Phi) is 5.93. The highest BCUT2D eigenvalue weighted by Gasteiger charge is 2.23. The fourth-order valence-corrected chi connectivity index (χ4v) is 4.16. The second-order valence-corrected chi connectivity index (χ2v) is 7.49. The highest BCUT2D eigenvalue weighted by atomic mass is 32.1. The second-order valence-electron chi connectivity index (χ2n) is 6.36. The third-order valence-corrected chi connectivity index (χ3v) is 5.68. The van der Waals surface area contributed by atoms with Crippen molar-refractivity contribution in [3.05, 3.63) is 45.6 Å². The standard InChI is InChI=1S/C20H23NO4S/c1-13(19(22)21-15-9-6-7-10-16(15)24-2)25-20(23)18-12-14-8-4-3-5-11-17(14)26-18/h6-7,9-10,12-13H,3-5,8,11H2,1-2H3,(H,21,22). The summed E-state index contributed by atoms with van der Waals surface area (Å²) in [6.07, 6.45) is 4.71. The predicted molar refractivity (Wildman–Crippen MR) is 102 cm³/mol. The van der Waals surface area contributed by atoms with E-state index in [2.05, 4.69) is 5.32 Å². The number of ether oxygens (including phenoxy) is 2. The molecule has 26 heavy (non-hydrogen) atoms. The van der Waals surface area contributed by atoms with Crippen LogP contribution in [0.2, 0.25) is 0 Å². The Morgan fingerprint density at radius 2 is 1.92 bits per heavy atom. The molecule has 5 nitrogen and oxygen atoms in total. The predicted octanol–water partition coefficient (Wildman–Crippen LogP) is 4.21. The summed E-state index contributed by atoms with van der Waals surface area (Å²) >= 11 is 1.49. The second kappa shape index (κ2) is 8.36. The van der Waals surface area contributed by atoms with Gasteiger partial charge in [-0.3, -0.25) is 4.79 Å². The fraction of sp³-hybridized carbons (Fsp3) is 0.400. The first-order chi connectivity index (χ1) is 12.6. The van der Waals surface area contributed by atoms with Gasteiger partial charge in [-0.15, -0.1) is 11.3 Å². The van der Waals surface area contributed by atoms with Crippen molar-refractivity contribution in [2.24, 2.45) is 0 Å². The molecule has 1 N–H and O–H groups in total. The normalized spacial score (nSPS) is 14.7. The van der Waals surface area contributed by atoms with E-state index in [0.717, 1.165) is 19.3 Å². The number of methoxy groups -OCH3 is 1. The highest BCUT2D eigenvalue weighted by Crippen LogP contribution is 2.29. The number of carbonyl (C=O) groups excluding carboxylic acids is 2. The molecule has 1 heterocycles. The number of rotatable bonds is 5. The summed E-state index contributed by atoms with van der Waals surface area (Å²) in [5, 5.41) is 2.74. The molecule has 1 aliphatic rings. The zero-order chi connectivity index (χ0) is 18.5. The number of carbonyl (C=O) groups is 2. The van der Waals surface area contributed by atoms with E-state index in [4.69, 9.17) is 9.47 Å². The van der Waals surface area contributed by atoms with E-state index in [9.17, 15) is 9.59 Å². The first-order valence-electron chi connectivity index (χ1n) is 8.85. The lowest BCUT2D eigenvalue weighted by Crippen LogP contribution is -2.29. The maximum absolute atomic E-state index is 12.4. The molecule has 0 aliphatic heterocycles. The number of fused-ring (bicyclic) bond motifs is 1. The van der Waals surface area contributed by atoms with E-state index < -0.39 is 12.1 Å². The number of hydrogen-bond donors (Lipinski definition) is 1. The van der Waals surface area contributed by atoms with Crippen molar-refractivity contribution in [3.8, 4) is 5.75 Å². The Morgan fingerprint density at radius 1 is 1.15 bits per heavy atom. The van der Waals surface area contributed by atoms with Gasteiger partial charge in [0.2, 0.25) is 0 Å². The average molecular weight is 373 g/mol. The summed E-state index contributed by atoms with van der Waals surface area (Å²) in [4.78, 5) is 26.6. The van der Waals surface area contributed by atoms with Crippen LogP contribution in [-0.4, -0.2) is 25.1 Å². The Hall–Kier alpha value is -2.34. The monoisotopic (exact) mass is 373 g/mol. The van der Waals surface area contributed by atoms with Crippen LogP contribution >= 0.6 is 11.3 Å². The summed E-state index contributed by atoms with van der Waals surface area (Å²) in [5.41, 5.74) is 1.80. The molecule has 1 amide bonds. The molecule has 0 spiro atoms. The van der Waals surface area contributed by atoms with Gasteiger partial charge in [-0.2, -0.15) is 0 Å². The van der Waals surface area contributed by atoms with Gasteiger partial charge in [-0.05, 0) is 56.4 Å². The van der Waals surface area contributed by atoms with Crippen molar-refractivity contribution in [2.45, 2.75) is 45.1 Å². The molecule has 1 aromatic heterocycles. The van der Waals surface area contributed by atoms with Gasteiger partial charge in [0, 0.05) is 4.88 Å². The molecule has 6 heteroatoms. The fourth-order valence-electron chi connectivity index (χ4n) is 3.02. The van der Waals surface area contributed by atoms with Crippen LogP contribution in [-0.2, 0) is 22.4 Å². The number of benzene rings is 1. The van der Waals surface area contributed by atoms with E-state index in [1.54, 1.807) is 25.1 Å². The molecule has 3 rings (SSSR count). The van der Waals surface area contributed by atoms with Crippen LogP contribution in [0.3, 0.4) is 0 Å². The lowest BCUT2D eigenvalue weighted by atomic mass is 10.1. The number of nitrogens with one attached hydrogen (secondary N) is 1. The number of anilines is 1. The van der Waals surface area contributed by atoms with Gasteiger partial charge in [0.05, 0.1) is 12.8 Å². The Balaban J connectivity index is 1.62. The minimum absolute atomic E-state index is 0.388. The third kappa shape index (κ3) is 4.25. The van der Waals surface area contributed by atoms with Crippen LogP contribution in [0.5, 0.6) is 5.75 Å². The van der Waals surface area contributed by atoms with Gasteiger partial charge >= 0.3 is 5.97 Å². The molecule has 0 bridgehead atoms. The molecular weight excluding hydrogens is 350 g/mol. The van der Waals surface area contributed by atoms with Gasteiger partial charge in [0.25, 0.3) is 5.91 Å². The quantitative estimate of drug-likeness (QED) is 0.630. The van der Waals surface area contributed by atoms with E-state index in [-0.39, 0.29) is 5.91 Å². The molecule has 0 saturated heterocycles. The molecule has 1 aromatic carbocycles. The smallest absolute Gasteiger partial charge is 0.349 e. The van der Waals surface area contributed by atoms with Crippen molar-refractivity contribution in [1.82, 2.24) is 0 Å². The van der Waals surface area contributed by atoms with Gasteiger partial charge in [0.15, 0.2) is 6.10 Å². The van der Waals surface area contributed by atoms with Crippen LogP contribution < -0.4 is 10.1 Å². The number of aryl methyl sites for hydroxylation is 2. The maximum Gasteiger partial charge on any atom is 0.349 e. The third-order valence-electron chi connectivity index (χ3n) is 4.47. The summed E-state index contributed by atoms with van der Waals surface area (Å²) in [6, 6.07) is 9.04. The van der Waals surface area contributed by atoms with Gasteiger partial charge < -0.3 is 14.8 Å². The van der Waals surface area contributed by atoms with Crippen molar-refractivity contribution in [3.63, 3.8) is 0 Å². The largest absolute Gasteiger partial charge is 0.495 e.